The van der Waals surface area contributed by atoms with Crippen molar-refractivity contribution in [2.45, 2.75) is 18.9 Å². The van der Waals surface area contributed by atoms with Crippen molar-refractivity contribution in [3.05, 3.63) is 35.9 Å². The van der Waals surface area contributed by atoms with Crippen LogP contribution < -0.4 is 0 Å². The molecule has 0 radical (unpaired) electrons. The summed E-state index contributed by atoms with van der Waals surface area (Å²) in [6.07, 6.45) is 1.51. The highest BCUT2D eigenvalue weighted by atomic mass is 16.6. The van der Waals surface area contributed by atoms with Gasteiger partial charge >= 0.3 is 6.09 Å². The van der Waals surface area contributed by atoms with Gasteiger partial charge in [-0.2, -0.15) is 0 Å². The highest BCUT2D eigenvalue weighted by molar-refractivity contribution is 5.94. The van der Waals surface area contributed by atoms with Crippen molar-refractivity contribution in [2.75, 3.05) is 39.3 Å². The highest BCUT2D eigenvalue weighted by Gasteiger charge is 2.39. The maximum absolute atomic E-state index is 12.8. The molecule has 5 rings (SSSR count). The number of piperidine rings is 1. The van der Waals surface area contributed by atoms with E-state index in [0.717, 1.165) is 12.8 Å². The Morgan fingerprint density at radius 2 is 1.88 bits per heavy atom. The summed E-state index contributed by atoms with van der Waals surface area (Å²) in [6, 6.07) is 9.31. The second-order valence-electron chi connectivity index (χ2n) is 7.26. The Hall–Kier alpha value is -2.57. The van der Waals surface area contributed by atoms with Crippen molar-refractivity contribution in [3.8, 4) is 0 Å². The third-order valence-electron chi connectivity index (χ3n) is 5.51. The fourth-order valence-electron chi connectivity index (χ4n) is 4.14. The Balaban J connectivity index is 1.45. The van der Waals surface area contributed by atoms with Crippen molar-refractivity contribution in [1.29, 1.82) is 0 Å². The Morgan fingerprint density at radius 1 is 1.08 bits per heavy atom. The Bertz CT molecular complexity index is 708. The molecule has 1 aromatic carbocycles. The predicted octanol–water partition coefficient (Wildman–Crippen LogP) is 1.20. The maximum atomic E-state index is 12.8. The van der Waals surface area contributed by atoms with Gasteiger partial charge in [-0.05, 0) is 30.9 Å². The molecular weight excluding hydrogens is 334 g/mol. The van der Waals surface area contributed by atoms with Crippen LogP contribution in [-0.2, 0) is 9.53 Å². The smallest absolute Gasteiger partial charge is 0.410 e. The van der Waals surface area contributed by atoms with Gasteiger partial charge in [-0.25, -0.2) is 4.79 Å². The van der Waals surface area contributed by atoms with E-state index in [0.29, 0.717) is 38.3 Å². The lowest BCUT2D eigenvalue weighted by Crippen LogP contribution is -2.51. The van der Waals surface area contributed by atoms with E-state index in [9.17, 15) is 14.4 Å². The van der Waals surface area contributed by atoms with Gasteiger partial charge in [0, 0.05) is 31.2 Å². The van der Waals surface area contributed by atoms with Gasteiger partial charge in [-0.15, -0.1) is 0 Å². The molecule has 2 bridgehead atoms. The lowest BCUT2D eigenvalue weighted by molar-refractivity contribution is -0.135. The van der Waals surface area contributed by atoms with E-state index in [1.165, 1.54) is 4.90 Å². The van der Waals surface area contributed by atoms with Crippen LogP contribution in [0.15, 0.2) is 30.3 Å². The molecule has 4 aliphatic heterocycles. The number of carbonyl (C=O) groups is 3. The molecule has 26 heavy (non-hydrogen) atoms. The first-order valence-corrected chi connectivity index (χ1v) is 9.17. The van der Waals surface area contributed by atoms with Gasteiger partial charge in [-0.3, -0.25) is 14.5 Å². The summed E-state index contributed by atoms with van der Waals surface area (Å²) < 4.78 is 4.90. The summed E-state index contributed by atoms with van der Waals surface area (Å²) in [7, 11) is 0. The monoisotopic (exact) mass is 357 g/mol. The first-order valence-electron chi connectivity index (χ1n) is 9.17. The third-order valence-corrected chi connectivity index (χ3v) is 5.51. The molecule has 0 saturated carbocycles. The maximum Gasteiger partial charge on any atom is 0.410 e. The van der Waals surface area contributed by atoms with Crippen molar-refractivity contribution in [2.24, 2.45) is 5.92 Å². The quantitative estimate of drug-likeness (QED) is 0.815. The largest absolute Gasteiger partial charge is 0.448 e. The second-order valence-corrected chi connectivity index (χ2v) is 7.26. The number of ether oxygens (including phenoxy) is 1. The molecule has 1 aromatic rings. The summed E-state index contributed by atoms with van der Waals surface area (Å²) in [5, 5.41) is 0. The lowest BCUT2D eigenvalue weighted by atomic mass is 9.95. The Labute approximate surface area is 152 Å². The summed E-state index contributed by atoms with van der Waals surface area (Å²) in [6.45, 7) is 2.77. The first kappa shape index (κ1) is 16.9. The van der Waals surface area contributed by atoms with Crippen molar-refractivity contribution in [3.63, 3.8) is 0 Å². The van der Waals surface area contributed by atoms with E-state index in [4.69, 9.17) is 4.74 Å². The molecule has 0 N–H and O–H groups in total. The van der Waals surface area contributed by atoms with Crippen LogP contribution in [0.4, 0.5) is 4.79 Å². The summed E-state index contributed by atoms with van der Waals surface area (Å²) >= 11 is 0. The minimum atomic E-state index is -0.417. The first-order chi connectivity index (χ1) is 12.6. The van der Waals surface area contributed by atoms with Gasteiger partial charge in [0.05, 0.1) is 6.54 Å². The standard InChI is InChI=1S/C19H23N3O4/c23-17(13-20-8-9-26-19(20)25)22-11-14-6-7-16(22)12-21(10-14)18(24)15-4-2-1-3-5-15/h1-5,14,16H,6-13H2/t14-,16+/m1/s1. The van der Waals surface area contributed by atoms with Crippen LogP contribution in [0, 0.1) is 5.92 Å². The molecule has 2 atom stereocenters. The number of amides is 3. The number of rotatable bonds is 3. The molecular formula is C19H23N3O4. The molecule has 4 aliphatic rings. The van der Waals surface area contributed by atoms with E-state index in [2.05, 4.69) is 0 Å². The fraction of sp³-hybridized carbons (Fsp3) is 0.526. The molecule has 4 saturated heterocycles. The molecule has 138 valence electrons. The van der Waals surface area contributed by atoms with Crippen LogP contribution in [0.5, 0.6) is 0 Å². The molecule has 4 heterocycles. The number of carbonyl (C=O) groups excluding carboxylic acids is 3. The van der Waals surface area contributed by atoms with Crippen LogP contribution in [0.1, 0.15) is 23.2 Å². The van der Waals surface area contributed by atoms with Gasteiger partial charge in [0.2, 0.25) is 5.91 Å². The van der Waals surface area contributed by atoms with Gasteiger partial charge in [-0.1, -0.05) is 18.2 Å². The van der Waals surface area contributed by atoms with E-state index in [-0.39, 0.29) is 30.3 Å². The van der Waals surface area contributed by atoms with Crippen molar-refractivity contribution >= 4 is 17.9 Å². The lowest BCUT2D eigenvalue weighted by Gasteiger charge is -2.36. The molecule has 0 spiro atoms. The van der Waals surface area contributed by atoms with E-state index < -0.39 is 6.09 Å². The average Bonchev–Trinajstić information content (AvgIpc) is 2.87. The minimum Gasteiger partial charge on any atom is -0.448 e. The molecule has 7 nitrogen and oxygen atoms in total. The van der Waals surface area contributed by atoms with Gasteiger partial charge in [0.15, 0.2) is 0 Å². The van der Waals surface area contributed by atoms with Gasteiger partial charge in [0.25, 0.3) is 5.91 Å². The third kappa shape index (κ3) is 3.25. The van der Waals surface area contributed by atoms with Crippen LogP contribution in [0.2, 0.25) is 0 Å². The predicted molar refractivity (Wildman–Crippen MR) is 93.5 cm³/mol. The average molecular weight is 357 g/mol. The van der Waals surface area contributed by atoms with Gasteiger partial charge in [0.1, 0.15) is 13.2 Å². The number of hydrogen-bond donors (Lipinski definition) is 0. The van der Waals surface area contributed by atoms with Crippen LogP contribution in [0.25, 0.3) is 0 Å². The zero-order valence-electron chi connectivity index (χ0n) is 14.7. The SMILES string of the molecule is O=C1OCCN1CC(=O)N1C[C@@H]2CC[C@H]1CN(C(=O)c1ccccc1)C2. The van der Waals surface area contributed by atoms with Crippen molar-refractivity contribution < 1.29 is 19.1 Å². The molecule has 0 unspecified atom stereocenters. The van der Waals surface area contributed by atoms with E-state index >= 15 is 0 Å². The van der Waals surface area contributed by atoms with E-state index in [1.807, 2.05) is 40.1 Å². The summed E-state index contributed by atoms with van der Waals surface area (Å²) in [5.74, 6) is 0.267. The van der Waals surface area contributed by atoms with Crippen LogP contribution in [0.3, 0.4) is 0 Å². The topological polar surface area (TPSA) is 70.2 Å². The fourth-order valence-corrected chi connectivity index (χ4v) is 4.14. The Morgan fingerprint density at radius 3 is 2.62 bits per heavy atom. The molecule has 4 fully saturated rings. The van der Waals surface area contributed by atoms with Crippen LogP contribution >= 0.6 is 0 Å². The van der Waals surface area contributed by atoms with E-state index in [1.54, 1.807) is 0 Å². The second kappa shape index (κ2) is 6.97. The molecule has 0 aliphatic carbocycles. The number of cyclic esters (lactones) is 1. The molecule has 3 amide bonds. The summed E-state index contributed by atoms with van der Waals surface area (Å²) in [5.41, 5.74) is 0.687. The van der Waals surface area contributed by atoms with Gasteiger partial charge < -0.3 is 14.5 Å². The zero-order chi connectivity index (χ0) is 18.1. The number of hydrogen-bond acceptors (Lipinski definition) is 4. The normalized spacial score (nSPS) is 25.2. The highest BCUT2D eigenvalue weighted by Crippen LogP contribution is 2.29. The summed E-state index contributed by atoms with van der Waals surface area (Å²) in [4.78, 5) is 42.4. The number of nitrogens with zero attached hydrogens (tertiary/aromatic N) is 3. The minimum absolute atomic E-state index is 0.0209. The number of benzene rings is 1. The molecule has 7 heteroatoms. The Kier molecular flexibility index (Phi) is 4.53. The zero-order valence-corrected chi connectivity index (χ0v) is 14.7. The number of fused-ring (bicyclic) bond motifs is 4. The van der Waals surface area contributed by atoms with Crippen LogP contribution in [-0.4, -0.2) is 78.0 Å². The molecule has 0 aromatic heterocycles. The van der Waals surface area contributed by atoms with Crippen molar-refractivity contribution in [1.82, 2.24) is 14.7 Å².